The summed E-state index contributed by atoms with van der Waals surface area (Å²) < 4.78 is 0. The Morgan fingerprint density at radius 3 is 2.63 bits per heavy atom. The van der Waals surface area contributed by atoms with Crippen LogP contribution in [0.3, 0.4) is 0 Å². The van der Waals surface area contributed by atoms with Gasteiger partial charge in [-0.2, -0.15) is 0 Å². The standard InChI is InChI=1S/C23H24N4O2S/c1-3-20(28)25-19-12-16(11-8-14(19)2)24-21(29)13-30-23-17-6-4-5-7-18(17)26-22(27-23)15-9-10-15/h4-8,11-12,15H,3,9-10,13H2,1-2H3,(H,24,29)(H,25,28). The summed E-state index contributed by atoms with van der Waals surface area (Å²) in [5.74, 6) is 1.40. The summed E-state index contributed by atoms with van der Waals surface area (Å²) in [4.78, 5) is 33.7. The largest absolute Gasteiger partial charge is 0.326 e. The number of carbonyl (C=O) groups is 2. The molecule has 4 rings (SSSR count). The molecule has 0 atom stereocenters. The second-order valence-electron chi connectivity index (χ2n) is 7.45. The Hall–Kier alpha value is -2.93. The van der Waals surface area contributed by atoms with E-state index in [1.165, 1.54) is 11.8 Å². The van der Waals surface area contributed by atoms with E-state index in [0.717, 1.165) is 40.2 Å². The van der Waals surface area contributed by atoms with Gasteiger partial charge >= 0.3 is 0 Å². The first-order chi connectivity index (χ1) is 14.5. The minimum atomic E-state index is -0.118. The summed E-state index contributed by atoms with van der Waals surface area (Å²) in [6.07, 6.45) is 2.67. The summed E-state index contributed by atoms with van der Waals surface area (Å²) >= 11 is 1.43. The Morgan fingerprint density at radius 2 is 1.87 bits per heavy atom. The molecule has 1 aliphatic rings. The van der Waals surface area contributed by atoms with E-state index in [1.807, 2.05) is 43.3 Å². The van der Waals surface area contributed by atoms with Crippen LogP contribution in [0.5, 0.6) is 0 Å². The number of aromatic nitrogens is 2. The second-order valence-corrected chi connectivity index (χ2v) is 8.41. The highest BCUT2D eigenvalue weighted by atomic mass is 32.2. The zero-order chi connectivity index (χ0) is 21.1. The number of para-hydroxylation sites is 1. The zero-order valence-corrected chi connectivity index (χ0v) is 17.9. The molecule has 0 radical (unpaired) electrons. The van der Waals surface area contributed by atoms with Crippen molar-refractivity contribution in [3.05, 3.63) is 53.9 Å². The van der Waals surface area contributed by atoms with Crippen LogP contribution in [0.1, 0.15) is 43.5 Å². The van der Waals surface area contributed by atoms with Crippen LogP contribution in [0.2, 0.25) is 0 Å². The van der Waals surface area contributed by atoms with Crippen molar-refractivity contribution < 1.29 is 9.59 Å². The predicted octanol–water partition coefficient (Wildman–Crippen LogP) is 4.89. The zero-order valence-electron chi connectivity index (χ0n) is 17.1. The lowest BCUT2D eigenvalue weighted by Crippen LogP contribution is -2.15. The molecule has 1 aliphatic carbocycles. The molecule has 1 fully saturated rings. The summed E-state index contributed by atoms with van der Waals surface area (Å²) in [5, 5.41) is 7.59. The number of aryl methyl sites for hydroxylation is 1. The van der Waals surface area contributed by atoms with E-state index in [-0.39, 0.29) is 17.6 Å². The highest BCUT2D eigenvalue weighted by Gasteiger charge is 2.27. The predicted molar refractivity (Wildman–Crippen MR) is 121 cm³/mol. The van der Waals surface area contributed by atoms with Crippen molar-refractivity contribution in [1.29, 1.82) is 0 Å². The van der Waals surface area contributed by atoms with Crippen LogP contribution in [0.15, 0.2) is 47.5 Å². The molecule has 6 nitrogen and oxygen atoms in total. The molecule has 7 heteroatoms. The van der Waals surface area contributed by atoms with Crippen LogP contribution in [-0.4, -0.2) is 27.5 Å². The number of hydrogen-bond donors (Lipinski definition) is 2. The molecule has 2 amide bonds. The number of benzene rings is 2. The Morgan fingerprint density at radius 1 is 1.07 bits per heavy atom. The average Bonchev–Trinajstić information content (AvgIpc) is 3.59. The van der Waals surface area contributed by atoms with E-state index in [2.05, 4.69) is 15.6 Å². The van der Waals surface area contributed by atoms with Crippen molar-refractivity contribution in [2.45, 2.75) is 44.1 Å². The monoisotopic (exact) mass is 420 g/mol. The maximum Gasteiger partial charge on any atom is 0.234 e. The van der Waals surface area contributed by atoms with Crippen molar-refractivity contribution in [3.8, 4) is 0 Å². The molecule has 154 valence electrons. The molecule has 0 bridgehead atoms. The highest BCUT2D eigenvalue weighted by Crippen LogP contribution is 2.39. The number of nitrogens with zero attached hydrogens (tertiary/aromatic N) is 2. The van der Waals surface area contributed by atoms with Gasteiger partial charge in [-0.15, -0.1) is 0 Å². The van der Waals surface area contributed by atoms with E-state index in [0.29, 0.717) is 23.7 Å². The third-order valence-electron chi connectivity index (χ3n) is 4.98. The molecule has 1 saturated carbocycles. The van der Waals surface area contributed by atoms with Gasteiger partial charge in [0.1, 0.15) is 10.9 Å². The van der Waals surface area contributed by atoms with E-state index in [4.69, 9.17) is 4.98 Å². The van der Waals surface area contributed by atoms with Crippen molar-refractivity contribution in [2.24, 2.45) is 0 Å². The van der Waals surface area contributed by atoms with Gasteiger partial charge in [0.25, 0.3) is 0 Å². The fraction of sp³-hybridized carbons (Fsp3) is 0.304. The number of thioether (sulfide) groups is 1. The van der Waals surface area contributed by atoms with Crippen LogP contribution in [0, 0.1) is 6.92 Å². The maximum atomic E-state index is 12.6. The second kappa shape index (κ2) is 8.83. The van der Waals surface area contributed by atoms with Crippen LogP contribution in [-0.2, 0) is 9.59 Å². The lowest BCUT2D eigenvalue weighted by atomic mass is 10.1. The molecule has 0 saturated heterocycles. The van der Waals surface area contributed by atoms with Crippen LogP contribution in [0.25, 0.3) is 10.9 Å². The van der Waals surface area contributed by atoms with Gasteiger partial charge in [-0.25, -0.2) is 9.97 Å². The Bertz CT molecular complexity index is 1110. The molecule has 0 aliphatic heterocycles. The van der Waals surface area contributed by atoms with Gasteiger partial charge in [0.2, 0.25) is 11.8 Å². The van der Waals surface area contributed by atoms with Gasteiger partial charge in [-0.1, -0.05) is 43.0 Å². The first-order valence-corrected chi connectivity index (χ1v) is 11.1. The Labute approximate surface area is 179 Å². The third-order valence-corrected chi connectivity index (χ3v) is 5.98. The van der Waals surface area contributed by atoms with Crippen LogP contribution < -0.4 is 10.6 Å². The minimum absolute atomic E-state index is 0.0563. The van der Waals surface area contributed by atoms with E-state index < -0.39 is 0 Å². The topological polar surface area (TPSA) is 84.0 Å². The quantitative estimate of drug-likeness (QED) is 0.420. The molecule has 2 aromatic carbocycles. The van der Waals surface area contributed by atoms with E-state index in [9.17, 15) is 9.59 Å². The SMILES string of the molecule is CCC(=O)Nc1cc(NC(=O)CSc2nc(C3CC3)nc3ccccc23)ccc1C. The number of fused-ring (bicyclic) bond motifs is 1. The number of rotatable bonds is 7. The summed E-state index contributed by atoms with van der Waals surface area (Å²) in [7, 11) is 0. The maximum absolute atomic E-state index is 12.6. The molecule has 2 N–H and O–H groups in total. The summed E-state index contributed by atoms with van der Waals surface area (Å²) in [6, 6.07) is 13.4. The summed E-state index contributed by atoms with van der Waals surface area (Å²) in [5.41, 5.74) is 3.24. The van der Waals surface area contributed by atoms with E-state index in [1.54, 1.807) is 13.0 Å². The number of anilines is 2. The van der Waals surface area contributed by atoms with Gasteiger partial charge in [-0.05, 0) is 43.5 Å². The molecule has 3 aromatic rings. The molecule has 1 aromatic heterocycles. The van der Waals surface area contributed by atoms with Crippen molar-refractivity contribution >= 4 is 45.9 Å². The normalized spacial score (nSPS) is 13.3. The molecule has 30 heavy (non-hydrogen) atoms. The lowest BCUT2D eigenvalue weighted by molar-refractivity contribution is -0.116. The average molecular weight is 421 g/mol. The molecular weight excluding hydrogens is 396 g/mol. The third kappa shape index (κ3) is 4.79. The van der Waals surface area contributed by atoms with Gasteiger partial charge in [0.15, 0.2) is 0 Å². The first-order valence-electron chi connectivity index (χ1n) is 10.1. The van der Waals surface area contributed by atoms with Crippen LogP contribution in [0.4, 0.5) is 11.4 Å². The van der Waals surface area contributed by atoms with E-state index >= 15 is 0 Å². The molecule has 0 spiro atoms. The van der Waals surface area contributed by atoms with Gasteiger partial charge in [0, 0.05) is 29.1 Å². The Balaban J connectivity index is 1.45. The molecular formula is C23H24N4O2S. The first kappa shape index (κ1) is 20.3. The minimum Gasteiger partial charge on any atom is -0.326 e. The lowest BCUT2D eigenvalue weighted by Gasteiger charge is -2.11. The van der Waals surface area contributed by atoms with Gasteiger partial charge in [0.05, 0.1) is 11.3 Å². The molecule has 0 unspecified atom stereocenters. The summed E-state index contributed by atoms with van der Waals surface area (Å²) in [6.45, 7) is 3.73. The fourth-order valence-electron chi connectivity index (χ4n) is 3.10. The van der Waals surface area contributed by atoms with Gasteiger partial charge < -0.3 is 10.6 Å². The van der Waals surface area contributed by atoms with Crippen molar-refractivity contribution in [2.75, 3.05) is 16.4 Å². The number of amides is 2. The van der Waals surface area contributed by atoms with Crippen molar-refractivity contribution in [3.63, 3.8) is 0 Å². The highest BCUT2D eigenvalue weighted by molar-refractivity contribution is 8.00. The number of carbonyl (C=O) groups excluding carboxylic acids is 2. The number of nitrogens with one attached hydrogen (secondary N) is 2. The smallest absolute Gasteiger partial charge is 0.234 e. The molecule has 1 heterocycles. The van der Waals surface area contributed by atoms with Gasteiger partial charge in [-0.3, -0.25) is 9.59 Å². The number of hydrogen-bond acceptors (Lipinski definition) is 5. The van der Waals surface area contributed by atoms with Crippen molar-refractivity contribution in [1.82, 2.24) is 9.97 Å². The fourth-order valence-corrected chi connectivity index (χ4v) is 3.93. The van der Waals surface area contributed by atoms with Crippen LogP contribution >= 0.6 is 11.8 Å². The Kier molecular flexibility index (Phi) is 5.99.